The predicted molar refractivity (Wildman–Crippen MR) is 342 cm³/mol. The lowest BCUT2D eigenvalue weighted by Crippen LogP contribution is -2.37. The van der Waals surface area contributed by atoms with Gasteiger partial charge in [-0.1, -0.05) is 298 Å². The molecule has 464 valence electrons. The molecule has 0 aromatic rings. The molecule has 0 saturated carbocycles. The van der Waals surface area contributed by atoms with Crippen LogP contribution in [0, 0.1) is 0 Å². The number of esters is 2. The summed E-state index contributed by atoms with van der Waals surface area (Å²) in [7, 11) is 1.17. The molecule has 0 amide bonds. The molecule has 0 aromatic carbocycles. The lowest BCUT2D eigenvalue weighted by Gasteiger charge is -2.28. The molecule has 0 bridgehead atoms. The topological polar surface area (TPSA) is 111 Å². The Labute approximate surface area is 494 Å². The van der Waals surface area contributed by atoms with Crippen LogP contribution in [-0.4, -0.2) is 70.0 Å². The Bertz CT molecular complexity index is 1630. The van der Waals surface area contributed by atoms with E-state index in [1.807, 2.05) is 21.1 Å². The number of nitrogens with zero attached hydrogens (tertiary/aromatic N) is 1. The van der Waals surface area contributed by atoms with Crippen LogP contribution in [0.5, 0.6) is 0 Å². The van der Waals surface area contributed by atoms with Crippen molar-refractivity contribution in [3.8, 4) is 0 Å². The largest absolute Gasteiger partial charge is 0.756 e. The van der Waals surface area contributed by atoms with Crippen LogP contribution in [0.4, 0.5) is 0 Å². The fourth-order valence-electron chi connectivity index (χ4n) is 9.35. The summed E-state index contributed by atoms with van der Waals surface area (Å²) in [5.41, 5.74) is 0. The molecule has 0 heterocycles. The van der Waals surface area contributed by atoms with E-state index in [2.05, 4.69) is 98.9 Å². The number of phosphoric ester groups is 1. The van der Waals surface area contributed by atoms with Crippen molar-refractivity contribution in [3.63, 3.8) is 0 Å². The van der Waals surface area contributed by atoms with E-state index in [-0.39, 0.29) is 32.0 Å². The highest BCUT2D eigenvalue weighted by atomic mass is 31.2. The first-order valence-corrected chi connectivity index (χ1v) is 34.8. The Morgan fingerprint density at radius 3 is 1.06 bits per heavy atom. The van der Waals surface area contributed by atoms with Gasteiger partial charge in [-0.2, -0.15) is 0 Å². The highest BCUT2D eigenvalue weighted by Gasteiger charge is 2.22. The van der Waals surface area contributed by atoms with Crippen molar-refractivity contribution in [1.29, 1.82) is 0 Å². The monoisotopic (exact) mass is 1140 g/mol. The van der Waals surface area contributed by atoms with Crippen LogP contribution in [0.1, 0.15) is 296 Å². The van der Waals surface area contributed by atoms with Crippen molar-refractivity contribution < 1.29 is 42.1 Å². The number of likely N-dealkylation sites (N-methyl/N-ethyl adjacent to an activating group) is 1. The molecule has 0 spiro atoms. The van der Waals surface area contributed by atoms with Crippen LogP contribution in [0.3, 0.4) is 0 Å². The Morgan fingerprint density at radius 1 is 0.400 bits per heavy atom. The number of quaternary nitrogens is 1. The zero-order chi connectivity index (χ0) is 58.4. The van der Waals surface area contributed by atoms with Gasteiger partial charge in [0.1, 0.15) is 19.8 Å². The van der Waals surface area contributed by atoms with Crippen LogP contribution < -0.4 is 4.89 Å². The molecule has 0 aliphatic carbocycles. The number of carbonyl (C=O) groups is 2. The third-order valence-electron chi connectivity index (χ3n) is 14.4. The first-order chi connectivity index (χ1) is 39.0. The van der Waals surface area contributed by atoms with Gasteiger partial charge >= 0.3 is 11.9 Å². The lowest BCUT2D eigenvalue weighted by molar-refractivity contribution is -0.870. The molecule has 0 saturated heterocycles. The van der Waals surface area contributed by atoms with E-state index in [0.29, 0.717) is 17.4 Å². The molecule has 10 heteroatoms. The van der Waals surface area contributed by atoms with Gasteiger partial charge in [0.25, 0.3) is 7.82 Å². The third-order valence-corrected chi connectivity index (χ3v) is 15.4. The molecule has 9 nitrogen and oxygen atoms in total. The van der Waals surface area contributed by atoms with E-state index < -0.39 is 26.5 Å². The summed E-state index contributed by atoms with van der Waals surface area (Å²) >= 11 is 0. The molecule has 0 rings (SSSR count). The third kappa shape index (κ3) is 64.4. The minimum atomic E-state index is -4.64. The van der Waals surface area contributed by atoms with Gasteiger partial charge in [0, 0.05) is 12.8 Å². The standard InChI is InChI=1S/C70H126NO8P/c1-6-8-10-12-14-16-18-20-22-24-26-27-28-29-30-31-32-33-34-35-36-37-38-39-40-41-42-43-45-47-49-51-53-55-57-59-61-63-70(73)79-68(67-78-80(74,75)77-65-64-71(3,4)5)66-76-69(72)62-60-58-56-54-52-50-48-46-44-25-23-21-19-17-15-13-11-9-7-2/h8,10,14,16,20,22,26-27,29-30,32-33,35-36,68H,6-7,9,11-13,15,17-19,21,23-25,28,31,34,37-67H2,1-5H3/b10-8-,16-14-,22-20-,27-26-,30-29-,33-32-,36-35-. The van der Waals surface area contributed by atoms with Gasteiger partial charge in [-0.05, 0) is 70.6 Å². The minimum absolute atomic E-state index is 0.0309. The summed E-state index contributed by atoms with van der Waals surface area (Å²) in [5.74, 6) is -0.822. The Kier molecular flexibility index (Phi) is 58.6. The Balaban J connectivity index is 4.03. The highest BCUT2D eigenvalue weighted by Crippen LogP contribution is 2.38. The van der Waals surface area contributed by atoms with Crippen molar-refractivity contribution >= 4 is 19.8 Å². The Morgan fingerprint density at radius 2 is 0.713 bits per heavy atom. The van der Waals surface area contributed by atoms with Crippen LogP contribution in [-0.2, 0) is 32.7 Å². The van der Waals surface area contributed by atoms with Crippen molar-refractivity contribution in [1.82, 2.24) is 0 Å². The molecular formula is C70H126NO8P. The summed E-state index contributed by atoms with van der Waals surface area (Å²) in [6.45, 7) is 4.16. The van der Waals surface area contributed by atoms with Crippen LogP contribution in [0.15, 0.2) is 85.1 Å². The van der Waals surface area contributed by atoms with E-state index in [9.17, 15) is 19.0 Å². The minimum Gasteiger partial charge on any atom is -0.756 e. The van der Waals surface area contributed by atoms with Gasteiger partial charge in [-0.25, -0.2) is 0 Å². The average Bonchev–Trinajstić information content (AvgIpc) is 3.42. The average molecular weight is 1140 g/mol. The maximum atomic E-state index is 12.8. The van der Waals surface area contributed by atoms with E-state index >= 15 is 0 Å². The molecule has 2 atom stereocenters. The Hall–Kier alpha value is -2.81. The molecule has 0 radical (unpaired) electrons. The van der Waals surface area contributed by atoms with Crippen LogP contribution in [0.2, 0.25) is 0 Å². The first kappa shape index (κ1) is 77.2. The van der Waals surface area contributed by atoms with Gasteiger partial charge in [0.05, 0.1) is 27.7 Å². The lowest BCUT2D eigenvalue weighted by atomic mass is 10.0. The van der Waals surface area contributed by atoms with Gasteiger partial charge in [0.2, 0.25) is 0 Å². The zero-order valence-electron chi connectivity index (χ0n) is 52.8. The normalized spacial score (nSPS) is 13.7. The van der Waals surface area contributed by atoms with Crippen molar-refractivity contribution in [2.24, 2.45) is 0 Å². The summed E-state index contributed by atoms with van der Waals surface area (Å²) in [6, 6.07) is 0. The van der Waals surface area contributed by atoms with Gasteiger partial charge in [-0.15, -0.1) is 0 Å². The molecule has 0 aliphatic rings. The van der Waals surface area contributed by atoms with Crippen LogP contribution >= 0.6 is 7.82 Å². The fourth-order valence-corrected chi connectivity index (χ4v) is 10.1. The van der Waals surface area contributed by atoms with E-state index in [0.717, 1.165) is 83.5 Å². The molecule has 0 N–H and O–H groups in total. The van der Waals surface area contributed by atoms with E-state index in [1.54, 1.807) is 0 Å². The molecule has 80 heavy (non-hydrogen) atoms. The number of carbonyl (C=O) groups excluding carboxylic acids is 2. The van der Waals surface area contributed by atoms with E-state index in [1.165, 1.54) is 180 Å². The fraction of sp³-hybridized carbons (Fsp3) is 0.771. The maximum absolute atomic E-state index is 12.8. The SMILES string of the molecule is CC/C=C\C/C=C\C/C=C\C/C=C\C/C=C\C/C=C\C/C=C\CCCCCCCCCCCCCCCCCC(=O)OC(COC(=O)CCCCCCCCCCCCCCCCCCCCC)COP(=O)([O-])OCC[N+](C)(C)C. The second-order valence-electron chi connectivity index (χ2n) is 23.5. The second-order valence-corrected chi connectivity index (χ2v) is 24.9. The molecule has 0 fully saturated rings. The van der Waals surface area contributed by atoms with E-state index in [4.69, 9.17) is 18.5 Å². The zero-order valence-corrected chi connectivity index (χ0v) is 53.7. The van der Waals surface area contributed by atoms with Crippen LogP contribution in [0.25, 0.3) is 0 Å². The predicted octanol–water partition coefficient (Wildman–Crippen LogP) is 20.7. The maximum Gasteiger partial charge on any atom is 0.306 e. The van der Waals surface area contributed by atoms with Crippen molar-refractivity contribution in [2.45, 2.75) is 302 Å². The second kappa shape index (κ2) is 60.8. The summed E-state index contributed by atoms with van der Waals surface area (Å²) < 4.78 is 34.3. The smallest absolute Gasteiger partial charge is 0.306 e. The number of hydrogen-bond donors (Lipinski definition) is 0. The number of rotatable bonds is 61. The van der Waals surface area contributed by atoms with Gasteiger partial charge < -0.3 is 27.9 Å². The van der Waals surface area contributed by atoms with Gasteiger partial charge in [-0.3, -0.25) is 14.2 Å². The quantitative estimate of drug-likeness (QED) is 0.0195. The number of allylic oxidation sites excluding steroid dienone is 14. The van der Waals surface area contributed by atoms with Gasteiger partial charge in [0.15, 0.2) is 6.10 Å². The number of unbranched alkanes of at least 4 members (excludes halogenated alkanes) is 33. The molecule has 2 unspecified atom stereocenters. The van der Waals surface area contributed by atoms with Crippen molar-refractivity contribution in [2.75, 3.05) is 47.5 Å². The molecular weight excluding hydrogens is 1010 g/mol. The number of phosphoric acid groups is 1. The summed E-state index contributed by atoms with van der Waals surface area (Å²) in [5, 5.41) is 0. The summed E-state index contributed by atoms with van der Waals surface area (Å²) in [4.78, 5) is 38.0. The molecule has 0 aromatic heterocycles. The number of hydrogen-bond acceptors (Lipinski definition) is 8. The van der Waals surface area contributed by atoms with Crippen molar-refractivity contribution in [3.05, 3.63) is 85.1 Å². The highest BCUT2D eigenvalue weighted by molar-refractivity contribution is 7.45. The number of ether oxygens (including phenoxy) is 2. The first-order valence-electron chi connectivity index (χ1n) is 33.3. The molecule has 0 aliphatic heterocycles. The summed E-state index contributed by atoms with van der Waals surface area (Å²) in [6.07, 6.45) is 82.2.